The Labute approximate surface area is 336 Å². The van der Waals surface area contributed by atoms with E-state index < -0.39 is 24.0 Å². The topological polar surface area (TPSA) is 129 Å². The summed E-state index contributed by atoms with van der Waals surface area (Å²) in [6.45, 7) is 14.9. The van der Waals surface area contributed by atoms with E-state index in [1.165, 1.54) is 37.0 Å². The molecule has 0 fully saturated rings. The van der Waals surface area contributed by atoms with Gasteiger partial charge in [0.1, 0.15) is 11.8 Å². The van der Waals surface area contributed by atoms with E-state index in [1.54, 1.807) is 12.3 Å². The molecule has 0 aliphatic heterocycles. The lowest BCUT2D eigenvalue weighted by atomic mass is 9.95. The minimum absolute atomic E-state index is 0.131. The van der Waals surface area contributed by atoms with Crippen LogP contribution in [0.5, 0.6) is 5.75 Å². The quantitative estimate of drug-likeness (QED) is 0.0468. The first kappa shape index (κ1) is 43.4. The minimum Gasteiger partial charge on any atom is -0.494 e. The molecule has 0 spiro atoms. The fraction of sp³-hybridized carbons (Fsp3) is 0.370. The highest BCUT2D eigenvalue weighted by atomic mass is 32.1. The van der Waals surface area contributed by atoms with Gasteiger partial charge < -0.3 is 20.5 Å². The second-order valence-corrected chi connectivity index (χ2v) is 16.1. The van der Waals surface area contributed by atoms with E-state index in [-0.39, 0.29) is 24.2 Å². The number of ether oxygens (including phenoxy) is 1. The SMILES string of the molecule is C=N/C(=N\C=C(/C)c1ccc(OCCCCCCC)cc1)c1ccc(C[C@H](NC(=O)c2ccc(C(C)(C)C)s2)C(=O)N[C@H](CC(=O)O)Cc2ccccc2)cc1. The van der Waals surface area contributed by atoms with E-state index in [0.717, 1.165) is 44.9 Å². The number of rotatable bonds is 20. The summed E-state index contributed by atoms with van der Waals surface area (Å²) in [5.41, 5.74) is 4.25. The van der Waals surface area contributed by atoms with E-state index in [2.05, 4.69) is 55.0 Å². The molecule has 0 unspecified atom stereocenters. The number of carboxylic acid groups (broad SMARTS) is 1. The van der Waals surface area contributed by atoms with Crippen LogP contribution in [0.1, 0.15) is 110 Å². The Hall–Kier alpha value is -5.35. The molecule has 2 amide bonds. The van der Waals surface area contributed by atoms with E-state index in [9.17, 15) is 19.5 Å². The molecule has 0 aliphatic rings. The summed E-state index contributed by atoms with van der Waals surface area (Å²) in [6, 6.07) is 26.9. The lowest BCUT2D eigenvalue weighted by Gasteiger charge is -2.23. The first-order valence-corrected chi connectivity index (χ1v) is 20.2. The van der Waals surface area contributed by atoms with Crippen molar-refractivity contribution in [3.8, 4) is 5.75 Å². The van der Waals surface area contributed by atoms with Gasteiger partial charge in [-0.25, -0.2) is 9.98 Å². The normalized spacial score (nSPS) is 13.1. The van der Waals surface area contributed by atoms with Gasteiger partial charge in [0, 0.05) is 29.1 Å². The number of amides is 2. The van der Waals surface area contributed by atoms with Crippen molar-refractivity contribution in [3.05, 3.63) is 129 Å². The molecule has 3 aromatic carbocycles. The van der Waals surface area contributed by atoms with Gasteiger partial charge in [0.15, 0.2) is 5.84 Å². The number of unbranched alkanes of at least 4 members (excludes halogenated alkanes) is 4. The molecule has 10 heteroatoms. The van der Waals surface area contributed by atoms with Gasteiger partial charge in [-0.1, -0.05) is 120 Å². The number of nitrogens with one attached hydrogen (secondary N) is 2. The zero-order valence-electron chi connectivity index (χ0n) is 33.3. The van der Waals surface area contributed by atoms with Crippen molar-refractivity contribution in [3.63, 3.8) is 0 Å². The Balaban J connectivity index is 1.48. The zero-order valence-corrected chi connectivity index (χ0v) is 34.2. The number of amidine groups is 1. The fourth-order valence-electron chi connectivity index (χ4n) is 6.06. The molecule has 0 radical (unpaired) electrons. The zero-order chi connectivity index (χ0) is 40.5. The van der Waals surface area contributed by atoms with Crippen LogP contribution in [-0.2, 0) is 27.8 Å². The lowest BCUT2D eigenvalue weighted by Crippen LogP contribution is -2.51. The third kappa shape index (κ3) is 14.1. The van der Waals surface area contributed by atoms with Gasteiger partial charge in [0.2, 0.25) is 5.91 Å². The predicted molar refractivity (Wildman–Crippen MR) is 229 cm³/mol. The van der Waals surface area contributed by atoms with Crippen LogP contribution in [0.15, 0.2) is 107 Å². The van der Waals surface area contributed by atoms with E-state index >= 15 is 0 Å². The van der Waals surface area contributed by atoms with E-state index in [1.807, 2.05) is 91.9 Å². The first-order valence-electron chi connectivity index (χ1n) is 19.4. The summed E-state index contributed by atoms with van der Waals surface area (Å²) >= 11 is 1.39. The summed E-state index contributed by atoms with van der Waals surface area (Å²) in [5, 5.41) is 15.5. The number of carbonyl (C=O) groups is 3. The highest BCUT2D eigenvalue weighted by Gasteiger charge is 2.27. The van der Waals surface area contributed by atoms with Gasteiger partial charge in [0.25, 0.3) is 5.91 Å². The van der Waals surface area contributed by atoms with E-state index in [0.29, 0.717) is 23.7 Å². The molecular formula is C46H56N4O5S. The van der Waals surface area contributed by atoms with Crippen molar-refractivity contribution in [1.29, 1.82) is 0 Å². The van der Waals surface area contributed by atoms with Gasteiger partial charge in [-0.2, -0.15) is 0 Å². The Morgan fingerprint density at radius 2 is 1.50 bits per heavy atom. The van der Waals surface area contributed by atoms with E-state index in [4.69, 9.17) is 4.74 Å². The molecule has 2 atom stereocenters. The van der Waals surface area contributed by atoms with Crippen molar-refractivity contribution in [2.75, 3.05) is 6.61 Å². The van der Waals surface area contributed by atoms with Crippen molar-refractivity contribution >= 4 is 47.2 Å². The molecule has 3 N–H and O–H groups in total. The van der Waals surface area contributed by atoms with Crippen molar-refractivity contribution in [2.24, 2.45) is 9.98 Å². The molecule has 296 valence electrons. The maximum atomic E-state index is 13.9. The number of benzene rings is 3. The average Bonchev–Trinajstić information content (AvgIpc) is 3.69. The van der Waals surface area contributed by atoms with Gasteiger partial charge in [-0.3, -0.25) is 14.4 Å². The molecule has 0 bridgehead atoms. The first-order chi connectivity index (χ1) is 26.9. The standard InChI is InChI=1S/C46H56N4O5S/c1-7-8-9-10-14-27-55-38-23-21-35(22-24-38)32(2)31-48-43(47-6)36-19-17-34(18-20-36)29-39(50-45(54)40-25-26-41(56-40)46(3,4)5)44(53)49-37(30-42(51)52)28-33-15-12-11-13-16-33/h11-13,15-26,31,37,39H,6-10,14,27-30H2,1-5H3,(H,49,53)(H,50,54)(H,51,52)/b32-31+,48-43-/t37-,39-/m0/s1. The van der Waals surface area contributed by atoms with Crippen LogP contribution < -0.4 is 15.4 Å². The van der Waals surface area contributed by atoms with Crippen LogP contribution in [0, 0.1) is 0 Å². The summed E-state index contributed by atoms with van der Waals surface area (Å²) < 4.78 is 5.91. The number of thiophene rings is 1. The summed E-state index contributed by atoms with van der Waals surface area (Å²) in [6.07, 6.45) is 7.98. The molecule has 0 saturated heterocycles. The second kappa shape index (κ2) is 21.7. The maximum Gasteiger partial charge on any atom is 0.305 e. The maximum absolute atomic E-state index is 13.9. The molecule has 1 aromatic heterocycles. The van der Waals surface area contributed by atoms with Crippen LogP contribution >= 0.6 is 11.3 Å². The molecule has 0 aliphatic carbocycles. The smallest absolute Gasteiger partial charge is 0.305 e. The third-order valence-electron chi connectivity index (χ3n) is 9.29. The number of carboxylic acids is 1. The molecule has 9 nitrogen and oxygen atoms in total. The van der Waals surface area contributed by atoms with Crippen LogP contribution in [0.2, 0.25) is 0 Å². The summed E-state index contributed by atoms with van der Waals surface area (Å²) in [7, 11) is 0. The van der Waals surface area contributed by atoms with Crippen LogP contribution in [0.4, 0.5) is 0 Å². The minimum atomic E-state index is -1.03. The van der Waals surface area contributed by atoms with Crippen molar-refractivity contribution < 1.29 is 24.2 Å². The fourth-order valence-corrected chi connectivity index (χ4v) is 7.03. The second-order valence-electron chi connectivity index (χ2n) is 15.0. The third-order valence-corrected chi connectivity index (χ3v) is 10.8. The molecule has 4 rings (SSSR count). The largest absolute Gasteiger partial charge is 0.494 e. The molecule has 0 saturated carbocycles. The number of aliphatic imine (C=N–C) groups is 2. The highest BCUT2D eigenvalue weighted by Crippen LogP contribution is 2.29. The Bertz CT molecular complexity index is 1940. The number of carbonyl (C=O) groups excluding carboxylic acids is 2. The van der Waals surface area contributed by atoms with Crippen LogP contribution in [-0.4, -0.2) is 54.1 Å². The van der Waals surface area contributed by atoms with Crippen LogP contribution in [0.25, 0.3) is 5.57 Å². The summed E-state index contributed by atoms with van der Waals surface area (Å²) in [4.78, 5) is 49.5. The van der Waals surface area contributed by atoms with Gasteiger partial charge in [-0.05, 0) is 78.4 Å². The number of nitrogens with zero attached hydrogens (tertiary/aromatic N) is 2. The van der Waals surface area contributed by atoms with Gasteiger partial charge >= 0.3 is 5.97 Å². The number of aliphatic carboxylic acids is 1. The molecule has 56 heavy (non-hydrogen) atoms. The lowest BCUT2D eigenvalue weighted by molar-refractivity contribution is -0.137. The van der Waals surface area contributed by atoms with Crippen LogP contribution in [0.3, 0.4) is 0 Å². The Morgan fingerprint density at radius 1 is 0.839 bits per heavy atom. The average molecular weight is 777 g/mol. The van der Waals surface area contributed by atoms with Crippen molar-refractivity contribution in [2.45, 2.75) is 103 Å². The number of hydrogen-bond donors (Lipinski definition) is 3. The van der Waals surface area contributed by atoms with Gasteiger partial charge in [-0.15, -0.1) is 11.3 Å². The molecule has 4 aromatic rings. The summed E-state index contributed by atoms with van der Waals surface area (Å²) in [5.74, 6) is -0.573. The molecule has 1 heterocycles. The monoisotopic (exact) mass is 776 g/mol. The highest BCUT2D eigenvalue weighted by molar-refractivity contribution is 7.14. The Kier molecular flexibility index (Phi) is 16.8. The predicted octanol–water partition coefficient (Wildman–Crippen LogP) is 9.45. The number of allylic oxidation sites excluding steroid dienone is 1. The molecular weight excluding hydrogens is 721 g/mol. The number of hydrogen-bond acceptors (Lipinski definition) is 6. The van der Waals surface area contributed by atoms with Crippen molar-refractivity contribution in [1.82, 2.24) is 10.6 Å². The van der Waals surface area contributed by atoms with Gasteiger partial charge in [0.05, 0.1) is 17.9 Å². The Morgan fingerprint density at radius 3 is 2.12 bits per heavy atom.